The molecule has 8 heteroatoms. The Morgan fingerprint density at radius 1 is 1.15 bits per heavy atom. The minimum absolute atomic E-state index is 0.0204. The number of hydrogen-bond donors (Lipinski definition) is 0. The van der Waals surface area contributed by atoms with Crippen LogP contribution in [0, 0.1) is 0 Å². The van der Waals surface area contributed by atoms with Gasteiger partial charge in [0.2, 0.25) is 0 Å². The molecular weight excluding hydrogens is 379 g/mol. The predicted molar refractivity (Wildman–Crippen MR) is 100 cm³/mol. The summed E-state index contributed by atoms with van der Waals surface area (Å²) in [6.45, 7) is 10.9. The molecule has 0 spiro atoms. The summed E-state index contributed by atoms with van der Waals surface area (Å²) >= 11 is 1.42. The summed E-state index contributed by atoms with van der Waals surface area (Å²) in [7, 11) is -1.89. The van der Waals surface area contributed by atoms with E-state index in [4.69, 9.17) is 4.43 Å². The van der Waals surface area contributed by atoms with Crippen molar-refractivity contribution < 1.29 is 22.3 Å². The first kappa shape index (κ1) is 19.6. The summed E-state index contributed by atoms with van der Waals surface area (Å²) in [6, 6.07) is 3.05. The number of aromatic nitrogens is 1. The minimum Gasteiger partial charge on any atom is -0.414 e. The average molecular weight is 404 g/mol. The van der Waals surface area contributed by atoms with Crippen LogP contribution < -0.4 is 4.74 Å². The van der Waals surface area contributed by atoms with Crippen molar-refractivity contribution in [1.29, 1.82) is 0 Å². The molecule has 0 atom stereocenters. The van der Waals surface area contributed by atoms with Gasteiger partial charge in [0.25, 0.3) is 0 Å². The highest BCUT2D eigenvalue weighted by Crippen LogP contribution is 2.49. The lowest BCUT2D eigenvalue weighted by Gasteiger charge is -2.45. The average Bonchev–Trinajstić information content (AvgIpc) is 2.88. The Balaban J connectivity index is 1.81. The van der Waals surface area contributed by atoms with Crippen LogP contribution in [0.2, 0.25) is 18.1 Å². The summed E-state index contributed by atoms with van der Waals surface area (Å²) < 4.78 is 50.0. The Morgan fingerprint density at radius 3 is 2.38 bits per heavy atom. The fraction of sp³-hybridized carbons (Fsp3) is 0.611. The Kier molecular flexibility index (Phi) is 4.90. The topological polar surface area (TPSA) is 31.4 Å². The van der Waals surface area contributed by atoms with E-state index in [9.17, 15) is 13.2 Å². The molecule has 0 aliphatic heterocycles. The molecule has 0 N–H and O–H groups in total. The molecule has 2 aromatic rings. The first-order chi connectivity index (χ1) is 11.9. The third kappa shape index (κ3) is 3.92. The summed E-state index contributed by atoms with van der Waals surface area (Å²) in [5.74, 6) is -0.153. The molecule has 0 radical (unpaired) electrons. The van der Waals surface area contributed by atoms with E-state index in [0.717, 1.165) is 4.70 Å². The number of fused-ring (bicyclic) bond motifs is 1. The van der Waals surface area contributed by atoms with Gasteiger partial charge in [-0.15, -0.1) is 24.5 Å². The molecule has 1 aromatic heterocycles. The van der Waals surface area contributed by atoms with Crippen molar-refractivity contribution in [2.75, 3.05) is 0 Å². The lowest BCUT2D eigenvalue weighted by Crippen LogP contribution is -2.47. The molecule has 1 fully saturated rings. The molecule has 1 heterocycles. The highest BCUT2D eigenvalue weighted by atomic mass is 32.1. The van der Waals surface area contributed by atoms with Crippen molar-refractivity contribution in [2.24, 2.45) is 0 Å². The lowest BCUT2D eigenvalue weighted by molar-refractivity contribution is -0.275. The van der Waals surface area contributed by atoms with Gasteiger partial charge in [-0.2, -0.15) is 0 Å². The Labute approximate surface area is 156 Å². The van der Waals surface area contributed by atoms with E-state index in [0.29, 0.717) is 23.9 Å². The van der Waals surface area contributed by atoms with Crippen molar-refractivity contribution >= 4 is 29.9 Å². The molecule has 1 aliphatic carbocycles. The fourth-order valence-corrected chi connectivity index (χ4v) is 5.10. The maximum atomic E-state index is 12.8. The van der Waals surface area contributed by atoms with Crippen molar-refractivity contribution in [3.63, 3.8) is 0 Å². The number of alkyl halides is 3. The predicted octanol–water partition coefficient (Wildman–Crippen LogP) is 6.46. The summed E-state index contributed by atoms with van der Waals surface area (Å²) in [4.78, 5) is 4.29. The zero-order valence-electron chi connectivity index (χ0n) is 15.6. The highest BCUT2D eigenvalue weighted by molar-refractivity contribution is 7.16. The van der Waals surface area contributed by atoms with Crippen LogP contribution in [0.3, 0.4) is 0 Å². The maximum Gasteiger partial charge on any atom is 0.573 e. The number of benzene rings is 1. The monoisotopic (exact) mass is 403 g/mol. The molecule has 144 valence electrons. The SMILES string of the molecule is CC(C)(C)[Si](C)(C)OC1CC(c2c(OC(F)(F)F)ccc3scnc23)C1. The van der Waals surface area contributed by atoms with Crippen LogP contribution in [0.5, 0.6) is 5.75 Å². The number of hydrogen-bond acceptors (Lipinski definition) is 4. The molecule has 0 bridgehead atoms. The Morgan fingerprint density at radius 2 is 1.81 bits per heavy atom. The zero-order chi connectivity index (χ0) is 19.3. The van der Waals surface area contributed by atoms with Crippen LogP contribution in [0.25, 0.3) is 10.2 Å². The van der Waals surface area contributed by atoms with Gasteiger partial charge in [0.15, 0.2) is 8.32 Å². The fourth-order valence-electron chi connectivity index (χ4n) is 3.03. The van der Waals surface area contributed by atoms with Gasteiger partial charge in [0.1, 0.15) is 5.75 Å². The summed E-state index contributed by atoms with van der Waals surface area (Å²) in [6.07, 6.45) is -3.21. The zero-order valence-corrected chi connectivity index (χ0v) is 17.4. The second-order valence-corrected chi connectivity index (χ2v) is 14.0. The first-order valence-electron chi connectivity index (χ1n) is 8.67. The third-order valence-electron chi connectivity index (χ3n) is 5.50. The van der Waals surface area contributed by atoms with Gasteiger partial charge < -0.3 is 9.16 Å². The molecule has 0 saturated heterocycles. The smallest absolute Gasteiger partial charge is 0.414 e. The Bertz CT molecular complexity index is 792. The quantitative estimate of drug-likeness (QED) is 0.549. The van der Waals surface area contributed by atoms with Crippen LogP contribution >= 0.6 is 11.3 Å². The minimum atomic E-state index is -4.71. The molecule has 0 amide bonds. The number of nitrogens with zero attached hydrogens (tertiary/aromatic N) is 1. The van der Waals surface area contributed by atoms with E-state index in [2.05, 4.69) is 43.6 Å². The van der Waals surface area contributed by atoms with Gasteiger partial charge in [-0.25, -0.2) is 4.98 Å². The molecule has 1 saturated carbocycles. The van der Waals surface area contributed by atoms with Gasteiger partial charge in [-0.1, -0.05) is 20.8 Å². The third-order valence-corrected chi connectivity index (χ3v) is 10.8. The van der Waals surface area contributed by atoms with Gasteiger partial charge in [-0.3, -0.25) is 0 Å². The van der Waals surface area contributed by atoms with Gasteiger partial charge in [0, 0.05) is 11.7 Å². The van der Waals surface area contributed by atoms with Crippen LogP contribution in [0.4, 0.5) is 13.2 Å². The van der Waals surface area contributed by atoms with Crippen molar-refractivity contribution in [3.8, 4) is 5.75 Å². The number of rotatable bonds is 4. The van der Waals surface area contributed by atoms with E-state index in [-0.39, 0.29) is 22.8 Å². The summed E-state index contributed by atoms with van der Waals surface area (Å²) in [5, 5.41) is 0.109. The molecule has 3 nitrogen and oxygen atoms in total. The molecular formula is C18H24F3NO2SSi. The first-order valence-corrected chi connectivity index (χ1v) is 12.5. The standard InChI is InChI=1S/C18H24F3NO2SSi/c1-17(2,3)26(4,5)24-12-8-11(9-12)15-13(23-18(19,20)21)6-7-14-16(15)22-10-25-14/h6-7,10-12H,8-9H2,1-5H3. The summed E-state index contributed by atoms with van der Waals surface area (Å²) in [5.41, 5.74) is 2.84. The van der Waals surface area contributed by atoms with Crippen LogP contribution in [-0.4, -0.2) is 25.8 Å². The van der Waals surface area contributed by atoms with E-state index >= 15 is 0 Å². The van der Waals surface area contributed by atoms with Gasteiger partial charge in [-0.05, 0) is 49.0 Å². The van der Waals surface area contributed by atoms with E-state index in [1.807, 2.05) is 0 Å². The maximum absolute atomic E-state index is 12.8. The van der Waals surface area contributed by atoms with Crippen LogP contribution in [0.15, 0.2) is 17.6 Å². The molecule has 0 unspecified atom stereocenters. The highest BCUT2D eigenvalue weighted by Gasteiger charge is 2.44. The second-order valence-electron chi connectivity index (χ2n) is 8.39. The van der Waals surface area contributed by atoms with Crippen LogP contribution in [0.1, 0.15) is 45.1 Å². The Hall–Kier alpha value is -1.12. The van der Waals surface area contributed by atoms with E-state index < -0.39 is 14.7 Å². The number of halogens is 3. The van der Waals surface area contributed by atoms with E-state index in [1.165, 1.54) is 17.4 Å². The van der Waals surface area contributed by atoms with Crippen molar-refractivity contribution in [3.05, 3.63) is 23.2 Å². The van der Waals surface area contributed by atoms with Crippen molar-refractivity contribution in [1.82, 2.24) is 4.98 Å². The van der Waals surface area contributed by atoms with Crippen molar-refractivity contribution in [2.45, 2.75) is 70.1 Å². The number of thiazole rings is 1. The molecule has 1 aliphatic rings. The second kappa shape index (κ2) is 6.49. The van der Waals surface area contributed by atoms with Gasteiger partial charge in [0.05, 0.1) is 15.7 Å². The lowest BCUT2D eigenvalue weighted by atomic mass is 9.77. The number of ether oxygens (including phenoxy) is 1. The molecule has 26 heavy (non-hydrogen) atoms. The normalized spacial score (nSPS) is 21.7. The largest absolute Gasteiger partial charge is 0.573 e. The van der Waals surface area contributed by atoms with Crippen LogP contribution in [-0.2, 0) is 4.43 Å². The molecule has 1 aromatic carbocycles. The van der Waals surface area contributed by atoms with Gasteiger partial charge >= 0.3 is 6.36 Å². The van der Waals surface area contributed by atoms with E-state index in [1.54, 1.807) is 11.6 Å². The molecule has 3 rings (SSSR count).